The normalized spacial score (nSPS) is 11.4. The van der Waals surface area contributed by atoms with Crippen LogP contribution in [0.2, 0.25) is 15.1 Å². The van der Waals surface area contributed by atoms with Crippen LogP contribution in [0.3, 0.4) is 0 Å². The van der Waals surface area contributed by atoms with E-state index >= 15 is 0 Å². The number of nitrogens with two attached hydrogens (primary N) is 1. The zero-order valence-electron chi connectivity index (χ0n) is 13.7. The monoisotopic (exact) mass is 403 g/mol. The van der Waals surface area contributed by atoms with Crippen molar-refractivity contribution in [3.05, 3.63) is 69.2 Å². The molecule has 6 heteroatoms. The first-order valence-electron chi connectivity index (χ1n) is 8.21. The Morgan fingerprint density at radius 3 is 2.31 bits per heavy atom. The SMILES string of the molecule is NCCc1cc(Nc2ccc(Cl)cc2)cc2c1[nH]c1cc(Cl)c(Cl)cc12. The van der Waals surface area contributed by atoms with Gasteiger partial charge in [-0.1, -0.05) is 34.8 Å². The van der Waals surface area contributed by atoms with Crippen molar-refractivity contribution < 1.29 is 0 Å². The number of benzene rings is 3. The predicted octanol–water partition coefficient (Wildman–Crippen LogP) is 6.53. The summed E-state index contributed by atoms with van der Waals surface area (Å²) < 4.78 is 0. The Morgan fingerprint density at radius 1 is 0.846 bits per heavy atom. The fourth-order valence-electron chi connectivity index (χ4n) is 3.19. The Kier molecular flexibility index (Phi) is 4.72. The topological polar surface area (TPSA) is 53.8 Å². The number of H-pyrrole nitrogens is 1. The average Bonchev–Trinajstić information content (AvgIpc) is 2.96. The van der Waals surface area contributed by atoms with Crippen molar-refractivity contribution in [2.24, 2.45) is 5.73 Å². The Hall–Kier alpha value is -1.91. The number of aromatic nitrogens is 1. The molecule has 4 rings (SSSR count). The zero-order valence-corrected chi connectivity index (χ0v) is 16.0. The van der Waals surface area contributed by atoms with Crippen molar-refractivity contribution in [1.29, 1.82) is 0 Å². The quantitative estimate of drug-likeness (QED) is 0.362. The molecule has 0 aliphatic rings. The fraction of sp³-hybridized carbons (Fsp3) is 0.100. The maximum absolute atomic E-state index is 6.24. The summed E-state index contributed by atoms with van der Waals surface area (Å²) in [6.45, 7) is 0.566. The van der Waals surface area contributed by atoms with Crippen LogP contribution < -0.4 is 11.1 Å². The molecule has 4 N–H and O–H groups in total. The molecule has 3 nitrogen and oxygen atoms in total. The summed E-state index contributed by atoms with van der Waals surface area (Å²) in [4.78, 5) is 3.45. The van der Waals surface area contributed by atoms with E-state index in [1.54, 1.807) is 0 Å². The lowest BCUT2D eigenvalue weighted by molar-refractivity contribution is 0.975. The number of fused-ring (bicyclic) bond motifs is 3. The van der Waals surface area contributed by atoms with Crippen molar-refractivity contribution in [2.75, 3.05) is 11.9 Å². The maximum Gasteiger partial charge on any atom is 0.0613 e. The number of hydrogen-bond donors (Lipinski definition) is 3. The molecule has 132 valence electrons. The Morgan fingerprint density at radius 2 is 1.58 bits per heavy atom. The third-order valence-corrected chi connectivity index (χ3v) is 5.35. The summed E-state index contributed by atoms with van der Waals surface area (Å²) in [5, 5.41) is 7.33. The van der Waals surface area contributed by atoms with Crippen LogP contribution in [0.4, 0.5) is 11.4 Å². The smallest absolute Gasteiger partial charge is 0.0613 e. The van der Waals surface area contributed by atoms with Gasteiger partial charge in [-0.3, -0.25) is 0 Å². The van der Waals surface area contributed by atoms with E-state index in [0.29, 0.717) is 21.6 Å². The van der Waals surface area contributed by atoms with E-state index in [4.69, 9.17) is 40.5 Å². The van der Waals surface area contributed by atoms with Gasteiger partial charge in [0.15, 0.2) is 0 Å². The minimum Gasteiger partial charge on any atom is -0.355 e. The lowest BCUT2D eigenvalue weighted by Crippen LogP contribution is -2.04. The minimum absolute atomic E-state index is 0.533. The van der Waals surface area contributed by atoms with Crippen LogP contribution in [0.1, 0.15) is 5.56 Å². The molecule has 0 radical (unpaired) electrons. The lowest BCUT2D eigenvalue weighted by Gasteiger charge is -2.10. The summed E-state index contributed by atoms with van der Waals surface area (Å²) in [5.74, 6) is 0. The summed E-state index contributed by atoms with van der Waals surface area (Å²) in [6.07, 6.45) is 0.765. The van der Waals surface area contributed by atoms with Crippen molar-refractivity contribution in [3.8, 4) is 0 Å². The van der Waals surface area contributed by atoms with E-state index in [9.17, 15) is 0 Å². The average molecular weight is 405 g/mol. The third-order valence-electron chi connectivity index (χ3n) is 4.38. The van der Waals surface area contributed by atoms with Gasteiger partial charge in [-0.25, -0.2) is 0 Å². The number of anilines is 2. The van der Waals surface area contributed by atoms with E-state index in [1.807, 2.05) is 36.4 Å². The molecular formula is C20H16Cl3N3. The van der Waals surface area contributed by atoms with Crippen LogP contribution in [-0.4, -0.2) is 11.5 Å². The highest BCUT2D eigenvalue weighted by molar-refractivity contribution is 6.43. The van der Waals surface area contributed by atoms with Gasteiger partial charge in [-0.05, 0) is 67.1 Å². The second-order valence-electron chi connectivity index (χ2n) is 6.17. The van der Waals surface area contributed by atoms with Gasteiger partial charge >= 0.3 is 0 Å². The van der Waals surface area contributed by atoms with Gasteiger partial charge < -0.3 is 16.0 Å². The Bertz CT molecular complexity index is 1100. The van der Waals surface area contributed by atoms with Crippen molar-refractivity contribution >= 4 is 68.0 Å². The van der Waals surface area contributed by atoms with Crippen LogP contribution in [0.15, 0.2) is 48.5 Å². The molecule has 0 saturated heterocycles. The first-order valence-corrected chi connectivity index (χ1v) is 9.34. The molecule has 0 fully saturated rings. The number of aromatic amines is 1. The van der Waals surface area contributed by atoms with Gasteiger partial charge in [0.25, 0.3) is 0 Å². The molecule has 0 spiro atoms. The van der Waals surface area contributed by atoms with E-state index in [-0.39, 0.29) is 0 Å². The van der Waals surface area contributed by atoms with Crippen LogP contribution in [0.25, 0.3) is 21.8 Å². The second-order valence-corrected chi connectivity index (χ2v) is 7.42. The standard InChI is InChI=1S/C20H16Cl3N3/c21-12-1-3-13(4-2-12)25-14-7-11(5-6-24)20-16(8-14)15-9-17(22)18(23)10-19(15)26-20/h1-4,7-10,25-26H,5-6,24H2. The second kappa shape index (κ2) is 7.01. The minimum atomic E-state index is 0.533. The third kappa shape index (κ3) is 3.24. The molecule has 1 heterocycles. The molecule has 26 heavy (non-hydrogen) atoms. The predicted molar refractivity (Wildman–Crippen MR) is 113 cm³/mol. The first kappa shape index (κ1) is 17.5. The molecule has 3 aromatic carbocycles. The fourth-order valence-corrected chi connectivity index (χ4v) is 3.65. The molecule has 0 saturated carbocycles. The van der Waals surface area contributed by atoms with Gasteiger partial charge in [0.05, 0.1) is 10.0 Å². The van der Waals surface area contributed by atoms with Gasteiger partial charge in [0, 0.05) is 38.2 Å². The molecule has 0 amide bonds. The van der Waals surface area contributed by atoms with Crippen molar-refractivity contribution in [3.63, 3.8) is 0 Å². The van der Waals surface area contributed by atoms with Crippen molar-refractivity contribution in [2.45, 2.75) is 6.42 Å². The largest absolute Gasteiger partial charge is 0.355 e. The van der Waals surface area contributed by atoms with E-state index in [1.165, 1.54) is 0 Å². The highest BCUT2D eigenvalue weighted by Crippen LogP contribution is 2.36. The van der Waals surface area contributed by atoms with E-state index in [2.05, 4.69) is 22.4 Å². The molecule has 1 aromatic heterocycles. The summed E-state index contributed by atoms with van der Waals surface area (Å²) >= 11 is 18.4. The molecule has 0 unspecified atom stereocenters. The molecule has 0 aliphatic carbocycles. The van der Waals surface area contributed by atoms with Gasteiger partial charge in [-0.2, -0.15) is 0 Å². The lowest BCUT2D eigenvalue weighted by atomic mass is 10.0. The van der Waals surface area contributed by atoms with Crippen LogP contribution in [0, 0.1) is 0 Å². The zero-order chi connectivity index (χ0) is 18.3. The summed E-state index contributed by atoms with van der Waals surface area (Å²) in [5.41, 5.74) is 10.9. The van der Waals surface area contributed by atoms with Gasteiger partial charge in [-0.15, -0.1) is 0 Å². The number of nitrogens with one attached hydrogen (secondary N) is 2. The number of rotatable bonds is 4. The number of hydrogen-bond acceptors (Lipinski definition) is 2. The first-order chi connectivity index (χ1) is 12.5. The molecule has 0 atom stereocenters. The van der Waals surface area contributed by atoms with Crippen LogP contribution >= 0.6 is 34.8 Å². The molecule has 0 bridgehead atoms. The van der Waals surface area contributed by atoms with Gasteiger partial charge in [0.1, 0.15) is 0 Å². The van der Waals surface area contributed by atoms with Gasteiger partial charge in [0.2, 0.25) is 0 Å². The van der Waals surface area contributed by atoms with Crippen molar-refractivity contribution in [1.82, 2.24) is 4.98 Å². The Balaban J connectivity index is 1.89. The summed E-state index contributed by atoms with van der Waals surface area (Å²) in [6, 6.07) is 15.6. The maximum atomic E-state index is 6.24. The molecule has 4 aromatic rings. The van der Waals surface area contributed by atoms with Crippen LogP contribution in [0.5, 0.6) is 0 Å². The molecule has 0 aliphatic heterocycles. The van der Waals surface area contributed by atoms with E-state index in [0.717, 1.165) is 45.2 Å². The van der Waals surface area contributed by atoms with Crippen LogP contribution in [-0.2, 0) is 6.42 Å². The highest BCUT2D eigenvalue weighted by atomic mass is 35.5. The number of halogens is 3. The molecular weight excluding hydrogens is 389 g/mol. The highest BCUT2D eigenvalue weighted by Gasteiger charge is 2.12. The van der Waals surface area contributed by atoms with E-state index < -0.39 is 0 Å². The Labute approximate surface area is 166 Å². The summed E-state index contributed by atoms with van der Waals surface area (Å²) in [7, 11) is 0.